The van der Waals surface area contributed by atoms with Gasteiger partial charge in [-0.3, -0.25) is 0 Å². The van der Waals surface area contributed by atoms with Crippen LogP contribution in [0.25, 0.3) is 0 Å². The van der Waals surface area contributed by atoms with Gasteiger partial charge in [-0.25, -0.2) is 0 Å². The van der Waals surface area contributed by atoms with E-state index in [2.05, 4.69) is 5.32 Å². The molecule has 0 aliphatic rings. The van der Waals surface area contributed by atoms with Crippen molar-refractivity contribution in [2.24, 2.45) is 5.73 Å². The van der Waals surface area contributed by atoms with Crippen molar-refractivity contribution in [1.82, 2.24) is 5.32 Å². The minimum Gasteiger partial charge on any atom is -0.324 e. The molecule has 86 valence electrons. The van der Waals surface area contributed by atoms with Crippen LogP contribution in [0.15, 0.2) is 0 Å². The number of nitrogens with two attached hydrogens (primary N) is 1. The summed E-state index contributed by atoms with van der Waals surface area (Å²) in [5, 5.41) is 3.02. The van der Waals surface area contributed by atoms with Crippen LogP contribution < -0.4 is 11.1 Å². The van der Waals surface area contributed by atoms with Gasteiger partial charge in [0.2, 0.25) is 0 Å². The van der Waals surface area contributed by atoms with Gasteiger partial charge in [0.25, 0.3) is 0 Å². The Morgan fingerprint density at radius 2 is 1.71 bits per heavy atom. The highest BCUT2D eigenvalue weighted by Crippen LogP contribution is 2.21. The van der Waals surface area contributed by atoms with Crippen LogP contribution in [0.4, 0.5) is 13.2 Å². The first kappa shape index (κ1) is 13.7. The third-order valence-corrected chi connectivity index (χ3v) is 1.64. The molecule has 0 unspecified atom stereocenters. The van der Waals surface area contributed by atoms with E-state index in [-0.39, 0.29) is 12.0 Å². The van der Waals surface area contributed by atoms with E-state index >= 15 is 0 Å². The van der Waals surface area contributed by atoms with Crippen LogP contribution in [-0.4, -0.2) is 24.8 Å². The molecule has 0 aromatic carbocycles. The minimum atomic E-state index is -4.02. The highest BCUT2D eigenvalue weighted by molar-refractivity contribution is 4.74. The van der Waals surface area contributed by atoms with Crippen molar-refractivity contribution in [3.63, 3.8) is 0 Å². The van der Waals surface area contributed by atoms with E-state index in [9.17, 15) is 13.2 Å². The molecule has 0 radical (unpaired) electrons. The van der Waals surface area contributed by atoms with Crippen LogP contribution in [0.2, 0.25) is 0 Å². The molecule has 0 atom stereocenters. The summed E-state index contributed by atoms with van der Waals surface area (Å²) in [4.78, 5) is 0. The molecule has 0 amide bonds. The maximum Gasteiger partial charge on any atom is 0.389 e. The van der Waals surface area contributed by atoms with E-state index in [1.165, 1.54) is 0 Å². The van der Waals surface area contributed by atoms with E-state index in [1.54, 1.807) is 0 Å². The molecule has 0 bridgehead atoms. The number of hydrogen-bond acceptors (Lipinski definition) is 2. The lowest BCUT2D eigenvalue weighted by molar-refractivity contribution is -0.135. The van der Waals surface area contributed by atoms with Gasteiger partial charge in [-0.1, -0.05) is 0 Å². The van der Waals surface area contributed by atoms with Crippen LogP contribution in [-0.2, 0) is 0 Å². The van der Waals surface area contributed by atoms with Crippen molar-refractivity contribution in [2.75, 3.05) is 13.1 Å². The molecule has 0 fully saturated rings. The van der Waals surface area contributed by atoms with Gasteiger partial charge in [-0.15, -0.1) is 0 Å². The minimum absolute atomic E-state index is 0.182. The lowest BCUT2D eigenvalue weighted by Crippen LogP contribution is -2.43. The normalized spacial score (nSPS) is 13.3. The van der Waals surface area contributed by atoms with E-state index in [0.29, 0.717) is 19.5 Å². The van der Waals surface area contributed by atoms with E-state index in [0.717, 1.165) is 0 Å². The number of nitrogens with one attached hydrogen (secondary N) is 1. The summed E-state index contributed by atoms with van der Waals surface area (Å²) < 4.78 is 35.1. The summed E-state index contributed by atoms with van der Waals surface area (Å²) in [5.74, 6) is 0. The molecule has 0 aliphatic heterocycles. The fourth-order valence-corrected chi connectivity index (χ4v) is 0.986. The zero-order chi connectivity index (χ0) is 11.2. The van der Waals surface area contributed by atoms with E-state index in [4.69, 9.17) is 5.73 Å². The van der Waals surface area contributed by atoms with Crippen LogP contribution in [0.5, 0.6) is 0 Å². The second kappa shape index (κ2) is 5.56. The Morgan fingerprint density at radius 1 is 1.14 bits per heavy atom. The summed E-state index contributed by atoms with van der Waals surface area (Å²) in [7, 11) is 0. The van der Waals surface area contributed by atoms with Crippen LogP contribution in [0, 0.1) is 0 Å². The van der Waals surface area contributed by atoms with Crippen LogP contribution >= 0.6 is 0 Å². The molecule has 0 saturated carbocycles. The van der Waals surface area contributed by atoms with Gasteiger partial charge in [0.05, 0.1) is 0 Å². The Bertz CT molecular complexity index is 131. The van der Waals surface area contributed by atoms with Gasteiger partial charge >= 0.3 is 6.18 Å². The maximum absolute atomic E-state index is 11.7. The molecule has 0 aromatic heterocycles. The molecule has 0 rings (SSSR count). The predicted molar refractivity (Wildman–Crippen MR) is 51.0 cm³/mol. The highest BCUT2D eigenvalue weighted by atomic mass is 19.4. The molecule has 0 saturated heterocycles. The summed E-state index contributed by atoms with van der Waals surface area (Å²) >= 11 is 0. The molecule has 3 N–H and O–H groups in total. The first-order chi connectivity index (χ1) is 6.21. The summed E-state index contributed by atoms with van der Waals surface area (Å²) in [6.07, 6.45) is -4.00. The lowest BCUT2D eigenvalue weighted by atomic mass is 10.1. The first-order valence-electron chi connectivity index (χ1n) is 4.77. The third kappa shape index (κ3) is 11.7. The largest absolute Gasteiger partial charge is 0.389 e. The highest BCUT2D eigenvalue weighted by Gasteiger charge is 2.25. The lowest BCUT2D eigenvalue weighted by Gasteiger charge is -2.18. The Balaban J connectivity index is 3.23. The number of unbranched alkanes of at least 4 members (excludes halogenated alkanes) is 1. The van der Waals surface area contributed by atoms with Crippen molar-refractivity contribution < 1.29 is 13.2 Å². The zero-order valence-electron chi connectivity index (χ0n) is 8.75. The van der Waals surface area contributed by atoms with Gasteiger partial charge in [0, 0.05) is 18.5 Å². The monoisotopic (exact) mass is 212 g/mol. The van der Waals surface area contributed by atoms with Crippen LogP contribution in [0.3, 0.4) is 0 Å². The number of rotatable bonds is 6. The Morgan fingerprint density at radius 3 is 2.14 bits per heavy atom. The van der Waals surface area contributed by atoms with Crippen LogP contribution in [0.1, 0.15) is 33.1 Å². The van der Waals surface area contributed by atoms with Crippen molar-refractivity contribution in [2.45, 2.75) is 44.8 Å². The molecule has 14 heavy (non-hydrogen) atoms. The number of hydrogen-bond donors (Lipinski definition) is 2. The summed E-state index contributed by atoms with van der Waals surface area (Å²) in [6, 6.07) is 0. The first-order valence-corrected chi connectivity index (χ1v) is 4.77. The average molecular weight is 212 g/mol. The predicted octanol–water partition coefficient (Wildman–Crippen LogP) is 2.05. The number of alkyl halides is 3. The SMILES string of the molecule is CC(C)(N)CNCCCCC(F)(F)F. The topological polar surface area (TPSA) is 38.0 Å². The fourth-order valence-electron chi connectivity index (χ4n) is 0.986. The Hall–Kier alpha value is -0.290. The molecule has 2 nitrogen and oxygen atoms in total. The second-order valence-electron chi connectivity index (χ2n) is 4.24. The standard InChI is InChI=1S/C9H19F3N2/c1-8(2,13)7-14-6-4-3-5-9(10,11)12/h14H,3-7,13H2,1-2H3. The molecule has 0 aliphatic carbocycles. The van der Waals surface area contributed by atoms with E-state index in [1.807, 2.05) is 13.8 Å². The molecular weight excluding hydrogens is 193 g/mol. The smallest absolute Gasteiger partial charge is 0.324 e. The molecule has 0 aromatic rings. The number of halogens is 3. The van der Waals surface area contributed by atoms with Crippen molar-refractivity contribution in [3.05, 3.63) is 0 Å². The van der Waals surface area contributed by atoms with Gasteiger partial charge in [-0.05, 0) is 33.2 Å². The van der Waals surface area contributed by atoms with E-state index < -0.39 is 12.6 Å². The van der Waals surface area contributed by atoms with Gasteiger partial charge in [0.15, 0.2) is 0 Å². The molecule has 5 heteroatoms. The fraction of sp³-hybridized carbons (Fsp3) is 1.00. The van der Waals surface area contributed by atoms with Gasteiger partial charge < -0.3 is 11.1 Å². The molecule has 0 spiro atoms. The third-order valence-electron chi connectivity index (χ3n) is 1.64. The maximum atomic E-state index is 11.7. The van der Waals surface area contributed by atoms with Gasteiger partial charge in [-0.2, -0.15) is 13.2 Å². The Labute approximate surface area is 83.0 Å². The van der Waals surface area contributed by atoms with Gasteiger partial charge in [0.1, 0.15) is 0 Å². The van der Waals surface area contributed by atoms with Crippen molar-refractivity contribution in [1.29, 1.82) is 0 Å². The average Bonchev–Trinajstić information content (AvgIpc) is 1.92. The summed E-state index contributed by atoms with van der Waals surface area (Å²) in [5.41, 5.74) is 5.38. The Kier molecular flexibility index (Phi) is 5.44. The zero-order valence-corrected chi connectivity index (χ0v) is 8.75. The molecular formula is C9H19F3N2. The molecule has 0 heterocycles. The van der Waals surface area contributed by atoms with Crippen molar-refractivity contribution >= 4 is 0 Å². The quantitative estimate of drug-likeness (QED) is 0.661. The second-order valence-corrected chi connectivity index (χ2v) is 4.24. The van der Waals surface area contributed by atoms with Crippen molar-refractivity contribution in [3.8, 4) is 0 Å². The summed E-state index contributed by atoms with van der Waals surface area (Å²) in [6.45, 7) is 4.96.